The molecule has 6 heteroatoms. The van der Waals surface area contributed by atoms with Crippen molar-refractivity contribution in [1.82, 2.24) is 9.88 Å². The molecule has 0 radical (unpaired) electrons. The molecule has 1 aliphatic heterocycles. The molecule has 4 nitrogen and oxygen atoms in total. The van der Waals surface area contributed by atoms with Crippen LogP contribution in [0.2, 0.25) is 0 Å². The summed E-state index contributed by atoms with van der Waals surface area (Å²) in [5.74, 6) is 1.11. The monoisotopic (exact) mass is 397 g/mol. The fourth-order valence-corrected chi connectivity index (χ4v) is 5.26. The number of aryl methyl sites for hydroxylation is 1. The third-order valence-electron chi connectivity index (χ3n) is 4.79. The standard InChI is InChI=1S/C21H23N3OS2/c1-3-26-18-7-5-4-6-16(18)20(25)23-10-12-24(13-11-23)21-22-17-9-8-15(2)14-19(17)27-21/h4-9,14H,3,10-13H2,1-2H3. The summed E-state index contributed by atoms with van der Waals surface area (Å²) in [6.07, 6.45) is 0. The molecule has 1 saturated heterocycles. The largest absolute Gasteiger partial charge is 0.345 e. The molecule has 0 N–H and O–H groups in total. The molecule has 0 spiro atoms. The lowest BCUT2D eigenvalue weighted by molar-refractivity contribution is 0.0743. The second-order valence-electron chi connectivity index (χ2n) is 6.68. The summed E-state index contributed by atoms with van der Waals surface area (Å²) in [4.78, 5) is 23.1. The summed E-state index contributed by atoms with van der Waals surface area (Å²) in [7, 11) is 0. The van der Waals surface area contributed by atoms with Crippen LogP contribution in [0.25, 0.3) is 10.2 Å². The van der Waals surface area contributed by atoms with E-state index in [0.29, 0.717) is 0 Å². The Hall–Kier alpha value is -2.05. The number of thioether (sulfide) groups is 1. The average Bonchev–Trinajstić information content (AvgIpc) is 3.11. The van der Waals surface area contributed by atoms with Crippen molar-refractivity contribution in [2.45, 2.75) is 18.7 Å². The molecule has 1 fully saturated rings. The number of rotatable bonds is 4. The lowest BCUT2D eigenvalue weighted by atomic mass is 10.2. The number of fused-ring (bicyclic) bond motifs is 1. The zero-order valence-corrected chi connectivity index (χ0v) is 17.3. The van der Waals surface area contributed by atoms with Crippen LogP contribution in [-0.4, -0.2) is 47.7 Å². The maximum Gasteiger partial charge on any atom is 0.255 e. The zero-order chi connectivity index (χ0) is 18.8. The van der Waals surface area contributed by atoms with E-state index in [1.165, 1.54) is 10.3 Å². The molecular weight excluding hydrogens is 374 g/mol. The topological polar surface area (TPSA) is 36.4 Å². The van der Waals surface area contributed by atoms with Gasteiger partial charge in [-0.1, -0.05) is 36.5 Å². The van der Waals surface area contributed by atoms with E-state index in [9.17, 15) is 4.79 Å². The van der Waals surface area contributed by atoms with Crippen molar-refractivity contribution >= 4 is 44.4 Å². The van der Waals surface area contributed by atoms with Gasteiger partial charge in [-0.2, -0.15) is 0 Å². The van der Waals surface area contributed by atoms with Gasteiger partial charge < -0.3 is 9.80 Å². The Balaban J connectivity index is 1.46. The van der Waals surface area contributed by atoms with E-state index in [1.807, 2.05) is 29.2 Å². The Morgan fingerprint density at radius 2 is 1.93 bits per heavy atom. The highest BCUT2D eigenvalue weighted by atomic mass is 32.2. The molecule has 0 aliphatic carbocycles. The molecule has 3 aromatic rings. The van der Waals surface area contributed by atoms with Crippen LogP contribution in [0.5, 0.6) is 0 Å². The lowest BCUT2D eigenvalue weighted by Crippen LogP contribution is -2.48. The highest BCUT2D eigenvalue weighted by molar-refractivity contribution is 7.99. The van der Waals surface area contributed by atoms with Crippen LogP contribution < -0.4 is 4.90 Å². The minimum Gasteiger partial charge on any atom is -0.345 e. The van der Waals surface area contributed by atoms with E-state index < -0.39 is 0 Å². The number of piperazine rings is 1. The summed E-state index contributed by atoms with van der Waals surface area (Å²) >= 11 is 3.47. The van der Waals surface area contributed by atoms with Gasteiger partial charge in [-0.15, -0.1) is 11.8 Å². The number of hydrogen-bond donors (Lipinski definition) is 0. The van der Waals surface area contributed by atoms with Crippen LogP contribution >= 0.6 is 23.1 Å². The molecule has 1 amide bonds. The number of amides is 1. The normalized spacial score (nSPS) is 14.7. The maximum absolute atomic E-state index is 13.0. The molecule has 1 aliphatic rings. The minimum absolute atomic E-state index is 0.145. The maximum atomic E-state index is 13.0. The van der Waals surface area contributed by atoms with Crippen LogP contribution in [0.1, 0.15) is 22.8 Å². The Bertz CT molecular complexity index is 961. The fourth-order valence-electron chi connectivity index (χ4n) is 3.35. The number of nitrogens with zero attached hydrogens (tertiary/aromatic N) is 3. The zero-order valence-electron chi connectivity index (χ0n) is 15.6. The average molecular weight is 398 g/mol. The summed E-state index contributed by atoms with van der Waals surface area (Å²) < 4.78 is 1.23. The van der Waals surface area contributed by atoms with E-state index in [1.54, 1.807) is 23.1 Å². The van der Waals surface area contributed by atoms with Crippen molar-refractivity contribution in [2.24, 2.45) is 0 Å². The first kappa shape index (κ1) is 18.3. The van der Waals surface area contributed by atoms with Gasteiger partial charge >= 0.3 is 0 Å². The number of benzene rings is 2. The van der Waals surface area contributed by atoms with Crippen LogP contribution in [0.3, 0.4) is 0 Å². The van der Waals surface area contributed by atoms with Gasteiger partial charge in [0.15, 0.2) is 5.13 Å². The molecule has 4 rings (SSSR count). The summed E-state index contributed by atoms with van der Waals surface area (Å²) in [6.45, 7) is 7.35. The van der Waals surface area contributed by atoms with E-state index in [4.69, 9.17) is 4.98 Å². The van der Waals surface area contributed by atoms with Gasteiger partial charge in [0.25, 0.3) is 5.91 Å². The molecule has 2 aromatic carbocycles. The number of hydrogen-bond acceptors (Lipinski definition) is 5. The van der Waals surface area contributed by atoms with Crippen LogP contribution in [0.4, 0.5) is 5.13 Å². The predicted octanol–water partition coefficient (Wildman–Crippen LogP) is 4.68. The van der Waals surface area contributed by atoms with Crippen molar-refractivity contribution in [2.75, 3.05) is 36.8 Å². The van der Waals surface area contributed by atoms with Gasteiger partial charge in [-0.25, -0.2) is 4.98 Å². The van der Waals surface area contributed by atoms with Crippen molar-refractivity contribution < 1.29 is 4.79 Å². The first-order valence-corrected chi connectivity index (χ1v) is 11.1. The molecule has 27 heavy (non-hydrogen) atoms. The quantitative estimate of drug-likeness (QED) is 0.599. The summed E-state index contributed by atoms with van der Waals surface area (Å²) in [5, 5.41) is 1.06. The Morgan fingerprint density at radius 1 is 1.15 bits per heavy atom. The van der Waals surface area contributed by atoms with Crippen molar-refractivity contribution in [1.29, 1.82) is 0 Å². The van der Waals surface area contributed by atoms with Crippen LogP contribution in [-0.2, 0) is 0 Å². The number of aromatic nitrogens is 1. The summed E-state index contributed by atoms with van der Waals surface area (Å²) in [5.41, 5.74) is 3.15. The van der Waals surface area contributed by atoms with Gasteiger partial charge in [0, 0.05) is 31.1 Å². The van der Waals surface area contributed by atoms with E-state index in [2.05, 4.69) is 36.9 Å². The van der Waals surface area contributed by atoms with Gasteiger partial charge in [0.1, 0.15) is 0 Å². The first-order valence-electron chi connectivity index (χ1n) is 9.29. The minimum atomic E-state index is 0.145. The number of carbonyl (C=O) groups is 1. The van der Waals surface area contributed by atoms with E-state index in [0.717, 1.165) is 53.0 Å². The molecule has 140 valence electrons. The number of anilines is 1. The lowest BCUT2D eigenvalue weighted by Gasteiger charge is -2.34. The van der Waals surface area contributed by atoms with E-state index in [-0.39, 0.29) is 5.91 Å². The second kappa shape index (κ2) is 7.90. The number of thiazole rings is 1. The van der Waals surface area contributed by atoms with Gasteiger partial charge in [-0.05, 0) is 42.5 Å². The Kier molecular flexibility index (Phi) is 5.36. The van der Waals surface area contributed by atoms with Gasteiger partial charge in [0.05, 0.1) is 15.8 Å². The molecule has 0 saturated carbocycles. The van der Waals surface area contributed by atoms with Crippen molar-refractivity contribution in [3.05, 3.63) is 53.6 Å². The molecule has 2 heterocycles. The highest BCUT2D eigenvalue weighted by Gasteiger charge is 2.25. The number of carbonyl (C=O) groups excluding carboxylic acids is 1. The fraction of sp³-hybridized carbons (Fsp3) is 0.333. The molecule has 0 bridgehead atoms. The van der Waals surface area contributed by atoms with Gasteiger partial charge in [-0.3, -0.25) is 4.79 Å². The van der Waals surface area contributed by atoms with E-state index >= 15 is 0 Å². The molecule has 1 aromatic heterocycles. The van der Waals surface area contributed by atoms with Crippen molar-refractivity contribution in [3.63, 3.8) is 0 Å². The van der Waals surface area contributed by atoms with Crippen LogP contribution in [0.15, 0.2) is 47.4 Å². The highest BCUT2D eigenvalue weighted by Crippen LogP contribution is 2.30. The first-order chi connectivity index (χ1) is 13.2. The SMILES string of the molecule is CCSc1ccccc1C(=O)N1CCN(c2nc3ccc(C)cc3s2)CC1. The summed E-state index contributed by atoms with van der Waals surface area (Å²) in [6, 6.07) is 14.3. The Morgan fingerprint density at radius 3 is 2.70 bits per heavy atom. The third kappa shape index (κ3) is 3.82. The predicted molar refractivity (Wildman–Crippen MR) is 115 cm³/mol. The van der Waals surface area contributed by atoms with Crippen molar-refractivity contribution in [3.8, 4) is 0 Å². The van der Waals surface area contributed by atoms with Crippen LogP contribution in [0, 0.1) is 6.92 Å². The Labute approximate surface area is 168 Å². The smallest absolute Gasteiger partial charge is 0.255 e. The molecule has 0 atom stereocenters. The molecule has 0 unspecified atom stereocenters. The molecular formula is C21H23N3OS2. The second-order valence-corrected chi connectivity index (χ2v) is 8.99. The van der Waals surface area contributed by atoms with Gasteiger partial charge in [0.2, 0.25) is 0 Å². The third-order valence-corrected chi connectivity index (χ3v) is 6.82.